The van der Waals surface area contributed by atoms with Crippen molar-refractivity contribution in [1.29, 1.82) is 0 Å². The van der Waals surface area contributed by atoms with Crippen LogP contribution in [0.1, 0.15) is 49.9 Å². The molecule has 0 saturated carbocycles. The number of hydrogen-bond donors (Lipinski definition) is 0. The van der Waals surface area contributed by atoms with Crippen molar-refractivity contribution in [2.45, 2.75) is 38.5 Å². The monoisotopic (exact) mass is 1890 g/mol. The van der Waals surface area contributed by atoms with Crippen molar-refractivity contribution < 1.29 is 0 Å². The molecule has 0 radical (unpaired) electrons. The predicted octanol–water partition coefficient (Wildman–Crippen LogP) is 37.9. The van der Waals surface area contributed by atoms with Crippen LogP contribution in [0, 0.1) is 0 Å². The number of fused-ring (bicyclic) bond motifs is 23. The molecule has 0 unspecified atom stereocenters. The van der Waals surface area contributed by atoms with Crippen molar-refractivity contribution in [3.8, 4) is 50.7 Å². The number of para-hydroxylation sites is 12. The molecule has 700 valence electrons. The Labute approximate surface area is 858 Å². The van der Waals surface area contributed by atoms with Gasteiger partial charge in [0.15, 0.2) is 0 Å². The van der Waals surface area contributed by atoms with Crippen molar-refractivity contribution in [1.82, 2.24) is 22.8 Å². The Kier molecular flexibility index (Phi) is 20.5. The topological polar surface area (TPSA) is 34.4 Å². The summed E-state index contributed by atoms with van der Waals surface area (Å²) in [5, 5.41) is 17.9. The predicted molar refractivity (Wildman–Crippen MR) is 625 cm³/mol. The van der Waals surface area contributed by atoms with Gasteiger partial charge < -0.3 is 37.5 Å². The second-order valence-electron chi connectivity index (χ2n) is 40.3. The number of nitrogens with zero attached hydrogens (tertiary/aromatic N) is 8. The van der Waals surface area contributed by atoms with Crippen LogP contribution < -0.4 is 14.7 Å². The minimum absolute atomic E-state index is 0.131. The average Bonchev–Trinajstić information content (AvgIpc) is 1.17. The number of rotatable bonds is 12. The first kappa shape index (κ1) is 86.8. The first-order valence-electron chi connectivity index (χ1n) is 51.3. The third-order valence-corrected chi connectivity index (χ3v) is 31.3. The minimum atomic E-state index is -0.131. The Morgan fingerprint density at radius 3 is 0.723 bits per heavy atom. The van der Waals surface area contributed by atoms with Crippen LogP contribution in [0.2, 0.25) is 0 Å². The van der Waals surface area contributed by atoms with E-state index in [1.165, 1.54) is 198 Å². The summed E-state index contributed by atoms with van der Waals surface area (Å²) in [6.45, 7) is 9.39. The quantitative estimate of drug-likeness (QED) is 0.122. The first-order chi connectivity index (χ1) is 73.0. The number of anilines is 9. The maximum Gasteiger partial charge on any atom is 0.0547 e. The van der Waals surface area contributed by atoms with Crippen LogP contribution in [0.15, 0.2) is 534 Å². The summed E-state index contributed by atoms with van der Waals surface area (Å²) in [4.78, 5) is 7.32. The maximum atomic E-state index is 2.48. The van der Waals surface area contributed by atoms with E-state index in [9.17, 15) is 0 Å². The van der Waals surface area contributed by atoms with Gasteiger partial charge in [0.1, 0.15) is 0 Å². The Bertz CT molecular complexity index is 9200. The lowest BCUT2D eigenvalue weighted by Gasteiger charge is -2.43. The van der Waals surface area contributed by atoms with E-state index in [1.807, 2.05) is 0 Å². The van der Waals surface area contributed by atoms with Crippen LogP contribution in [0.25, 0.3) is 181 Å². The summed E-state index contributed by atoms with van der Waals surface area (Å²) >= 11 is 0. The SMILES string of the molecule is CC1(C)c2ccccc2N(c2cc(-c3ccc(-c4ccccc4)cc3)cc(N3c4ccccc4C(C)(C)c4ccccc43)c2)c2ccccc21.c1cc(-n2c3ccccc3c3c4ccccc4ccc32)cc(-n2c3ccccc3c3c4ccccc4ccc32)c1.c1ccc2c(c1)c1ccccc1n2-c1ccc(N(c2ccc(-n3c4ccccc4c4ccccc43)cc2)c2ccc(-n3c4ccccc4c4ccccc43)cc2)cc1. The molecule has 0 fully saturated rings. The molecule has 0 N–H and O–H groups in total. The highest BCUT2D eigenvalue weighted by molar-refractivity contribution is 6.23. The van der Waals surface area contributed by atoms with Gasteiger partial charge in [0.05, 0.1) is 77.9 Å². The van der Waals surface area contributed by atoms with Crippen molar-refractivity contribution >= 4 is 182 Å². The lowest BCUT2D eigenvalue weighted by molar-refractivity contribution is 0.631. The molecule has 0 aliphatic carbocycles. The molecule has 28 aromatic rings. The van der Waals surface area contributed by atoms with E-state index in [0.717, 1.165) is 56.9 Å². The lowest BCUT2D eigenvalue weighted by atomic mass is 9.73. The lowest BCUT2D eigenvalue weighted by Crippen LogP contribution is -2.31. The fraction of sp³-hybridized carbons (Fsp3) is 0.0429. The van der Waals surface area contributed by atoms with E-state index < -0.39 is 0 Å². The number of aromatic nitrogens is 5. The van der Waals surface area contributed by atoms with Crippen LogP contribution in [0.4, 0.5) is 51.2 Å². The normalized spacial score (nSPS) is 12.9. The van der Waals surface area contributed by atoms with Gasteiger partial charge in [-0.25, -0.2) is 0 Å². The van der Waals surface area contributed by atoms with Gasteiger partial charge in [0.2, 0.25) is 0 Å². The van der Waals surface area contributed by atoms with Crippen molar-refractivity contribution in [3.63, 3.8) is 0 Å². The zero-order valence-electron chi connectivity index (χ0n) is 82.4. The van der Waals surface area contributed by atoms with E-state index in [2.05, 4.69) is 599 Å². The molecule has 0 bridgehead atoms. The summed E-state index contributed by atoms with van der Waals surface area (Å²) in [5.41, 5.74) is 38.1. The molecular formula is C140H100N8. The van der Waals surface area contributed by atoms with Crippen LogP contribution in [0.3, 0.4) is 0 Å². The zero-order valence-corrected chi connectivity index (χ0v) is 82.4. The van der Waals surface area contributed by atoms with E-state index in [0.29, 0.717) is 0 Å². The second kappa shape index (κ2) is 35.0. The minimum Gasteiger partial charge on any atom is -0.310 e. The van der Waals surface area contributed by atoms with E-state index in [-0.39, 0.29) is 10.8 Å². The van der Waals surface area contributed by atoms with Gasteiger partial charge in [-0.2, -0.15) is 0 Å². The fourth-order valence-electron chi connectivity index (χ4n) is 24.5. The molecule has 2 aliphatic heterocycles. The zero-order chi connectivity index (χ0) is 98.4. The molecule has 2 aliphatic rings. The molecule has 0 atom stereocenters. The van der Waals surface area contributed by atoms with Crippen molar-refractivity contribution in [2.75, 3.05) is 14.7 Å². The molecule has 148 heavy (non-hydrogen) atoms. The summed E-state index contributed by atoms with van der Waals surface area (Å²) in [5.74, 6) is 0. The molecule has 30 rings (SSSR count). The third kappa shape index (κ3) is 14.0. The first-order valence-corrected chi connectivity index (χ1v) is 51.3. The molecule has 8 nitrogen and oxygen atoms in total. The number of benzene rings is 23. The highest BCUT2D eigenvalue weighted by Gasteiger charge is 2.40. The number of hydrogen-bond acceptors (Lipinski definition) is 3. The molecule has 7 heterocycles. The molecule has 8 heteroatoms. The van der Waals surface area contributed by atoms with Crippen LogP contribution in [-0.2, 0) is 10.8 Å². The smallest absolute Gasteiger partial charge is 0.0547 e. The molecule has 23 aromatic carbocycles. The van der Waals surface area contributed by atoms with E-state index >= 15 is 0 Å². The average molecular weight is 1890 g/mol. The van der Waals surface area contributed by atoms with Crippen LogP contribution >= 0.6 is 0 Å². The molecule has 0 saturated heterocycles. The maximum absolute atomic E-state index is 2.48. The summed E-state index contributed by atoms with van der Waals surface area (Å²) < 4.78 is 12.0. The van der Waals surface area contributed by atoms with Gasteiger partial charge in [0.25, 0.3) is 0 Å². The standard InChI is InChI=1S/C54H36N4.C48H40N2.C38H24N2/c1-7-19-49-43(13-1)44-14-2-8-20-50(44)56(49)40-31-25-37(26-32-40)55(38-27-33-41(34-28-38)57-51-21-9-3-15-45(51)46-16-4-10-22-52(46)57)39-29-35-42(36-30-39)58-53-23-11-5-17-47(53)48-18-6-12-24-54(48)58;1-47(2)39-18-8-12-22-43(39)49(44-23-13-9-19-40(44)47)37-30-36(35-28-26-34(27-29-35)33-16-6-5-7-17-33)31-38(32-37)50-45-24-14-10-20-41(45)48(3,4)42-21-11-15-25-46(42)50;1-3-14-29-25(10-1)20-22-35-37(29)31-16-5-7-18-33(31)39(35)27-12-9-13-28(24-27)40-34-19-8-6-17-32(34)38-30-15-4-2-11-26(30)21-23-36(38)40/h1-36H;5-32H,1-4H3;1-24H. The van der Waals surface area contributed by atoms with Crippen molar-refractivity contribution in [2.24, 2.45) is 0 Å². The molecule has 0 spiro atoms. The Hall–Kier alpha value is -19.0. The van der Waals surface area contributed by atoms with Gasteiger partial charge in [0, 0.05) is 122 Å². The van der Waals surface area contributed by atoms with Crippen LogP contribution in [-0.4, -0.2) is 22.8 Å². The Balaban J connectivity index is 0.000000109. The molecule has 5 aromatic heterocycles. The van der Waals surface area contributed by atoms with E-state index in [1.54, 1.807) is 0 Å². The highest BCUT2D eigenvalue weighted by atomic mass is 15.2. The third-order valence-electron chi connectivity index (χ3n) is 31.3. The summed E-state index contributed by atoms with van der Waals surface area (Å²) in [6.07, 6.45) is 0. The van der Waals surface area contributed by atoms with Crippen molar-refractivity contribution in [3.05, 3.63) is 556 Å². The molecule has 0 amide bonds. The van der Waals surface area contributed by atoms with Crippen LogP contribution in [0.5, 0.6) is 0 Å². The van der Waals surface area contributed by atoms with E-state index in [4.69, 9.17) is 0 Å². The summed E-state index contributed by atoms with van der Waals surface area (Å²) in [7, 11) is 0. The fourth-order valence-corrected chi connectivity index (χ4v) is 24.5. The second-order valence-corrected chi connectivity index (χ2v) is 40.3. The summed E-state index contributed by atoms with van der Waals surface area (Å²) in [6, 6.07) is 195. The molecular weight excluding hydrogens is 1790 g/mol. The van der Waals surface area contributed by atoms with Gasteiger partial charge in [-0.1, -0.05) is 367 Å². The van der Waals surface area contributed by atoms with Gasteiger partial charge in [-0.05, 0) is 260 Å². The van der Waals surface area contributed by atoms with Gasteiger partial charge in [-0.15, -0.1) is 0 Å². The largest absolute Gasteiger partial charge is 0.310 e. The Morgan fingerprint density at radius 1 is 0.155 bits per heavy atom. The highest BCUT2D eigenvalue weighted by Crippen LogP contribution is 2.57. The van der Waals surface area contributed by atoms with Gasteiger partial charge >= 0.3 is 0 Å². The Morgan fingerprint density at radius 2 is 0.399 bits per heavy atom. The van der Waals surface area contributed by atoms with Gasteiger partial charge in [-0.3, -0.25) is 0 Å².